The third-order valence-corrected chi connectivity index (χ3v) is 5.31. The van der Waals surface area contributed by atoms with Crippen molar-refractivity contribution in [2.45, 2.75) is 13.1 Å². The van der Waals surface area contributed by atoms with Gasteiger partial charge in [0.2, 0.25) is 5.95 Å². The molecule has 0 aliphatic heterocycles. The second-order valence-electron chi connectivity index (χ2n) is 5.45. The van der Waals surface area contributed by atoms with E-state index in [9.17, 15) is 4.79 Å². The summed E-state index contributed by atoms with van der Waals surface area (Å²) in [6.07, 6.45) is 1.58. The highest BCUT2D eigenvalue weighted by atomic mass is 35.5. The number of anilines is 1. The van der Waals surface area contributed by atoms with Gasteiger partial charge in [0.25, 0.3) is 5.56 Å². The van der Waals surface area contributed by atoms with Crippen LogP contribution in [0.3, 0.4) is 0 Å². The van der Waals surface area contributed by atoms with Gasteiger partial charge in [-0.2, -0.15) is 16.9 Å². The molecule has 2 aromatic heterocycles. The van der Waals surface area contributed by atoms with E-state index in [0.717, 1.165) is 11.3 Å². The highest BCUT2D eigenvalue weighted by molar-refractivity contribution is 7.99. The number of benzene rings is 1. The van der Waals surface area contributed by atoms with Crippen LogP contribution in [-0.2, 0) is 13.1 Å². The fraction of sp³-hybridized carbons (Fsp3) is 0.312. The van der Waals surface area contributed by atoms with Gasteiger partial charge in [-0.25, -0.2) is 4.98 Å². The number of aromatic amines is 1. The molecule has 0 spiro atoms. The molecule has 7 nitrogen and oxygen atoms in total. The van der Waals surface area contributed by atoms with Crippen LogP contribution in [0.5, 0.6) is 0 Å². The van der Waals surface area contributed by atoms with Gasteiger partial charge in [-0.3, -0.25) is 14.5 Å². The Bertz CT molecular complexity index is 959. The lowest BCUT2D eigenvalue weighted by atomic mass is 10.2. The first-order chi connectivity index (χ1) is 12.6. The molecular formula is C16H17Cl2N5O2S. The first-order valence-corrected chi connectivity index (χ1v) is 9.82. The Hall–Kier alpha value is -1.74. The molecule has 0 saturated heterocycles. The van der Waals surface area contributed by atoms with Crippen molar-refractivity contribution in [3.63, 3.8) is 0 Å². The van der Waals surface area contributed by atoms with E-state index in [4.69, 9.17) is 28.3 Å². The van der Waals surface area contributed by atoms with E-state index in [1.54, 1.807) is 34.8 Å². The first-order valence-electron chi connectivity index (χ1n) is 7.90. The Morgan fingerprint density at radius 1 is 1.27 bits per heavy atom. The van der Waals surface area contributed by atoms with Gasteiger partial charge in [0.1, 0.15) is 5.52 Å². The average molecular weight is 414 g/mol. The Morgan fingerprint density at radius 2 is 2.12 bits per heavy atom. The summed E-state index contributed by atoms with van der Waals surface area (Å²) >= 11 is 13.5. The molecule has 1 aromatic carbocycles. The maximum absolute atomic E-state index is 12.4. The smallest absolute Gasteiger partial charge is 0.278 e. The number of halogens is 2. The van der Waals surface area contributed by atoms with Crippen molar-refractivity contribution in [1.82, 2.24) is 19.7 Å². The summed E-state index contributed by atoms with van der Waals surface area (Å²) in [5.74, 6) is 1.79. The molecule has 3 rings (SSSR count). The van der Waals surface area contributed by atoms with E-state index in [1.165, 1.54) is 0 Å². The van der Waals surface area contributed by atoms with Crippen LogP contribution < -0.4 is 10.9 Å². The monoisotopic (exact) mass is 413 g/mol. The highest BCUT2D eigenvalue weighted by Gasteiger charge is 2.10. The minimum absolute atomic E-state index is 0.139. The summed E-state index contributed by atoms with van der Waals surface area (Å²) in [7, 11) is 0. The van der Waals surface area contributed by atoms with Crippen LogP contribution in [0.25, 0.3) is 11.0 Å². The van der Waals surface area contributed by atoms with Gasteiger partial charge >= 0.3 is 0 Å². The zero-order valence-electron chi connectivity index (χ0n) is 13.7. The van der Waals surface area contributed by atoms with Crippen molar-refractivity contribution >= 4 is 51.9 Å². The molecule has 0 unspecified atom stereocenters. The lowest BCUT2D eigenvalue weighted by Gasteiger charge is -2.07. The lowest BCUT2D eigenvalue weighted by Crippen LogP contribution is -2.16. The van der Waals surface area contributed by atoms with Gasteiger partial charge in [0, 0.05) is 18.1 Å². The maximum Gasteiger partial charge on any atom is 0.278 e. The van der Waals surface area contributed by atoms with Crippen molar-refractivity contribution in [2.75, 3.05) is 23.4 Å². The molecule has 3 aromatic rings. The van der Waals surface area contributed by atoms with Gasteiger partial charge in [0.05, 0.1) is 29.4 Å². The molecule has 0 aliphatic carbocycles. The van der Waals surface area contributed by atoms with Crippen molar-refractivity contribution < 1.29 is 5.11 Å². The van der Waals surface area contributed by atoms with Crippen molar-refractivity contribution in [3.05, 3.63) is 50.4 Å². The molecule has 2 heterocycles. The fourth-order valence-corrected chi connectivity index (χ4v) is 3.37. The Balaban J connectivity index is 1.72. The SMILES string of the molecule is O=c1[nH]c(NCc2ccc(Cl)c(Cl)c2)nc2cnn(CCSCCO)c12. The van der Waals surface area contributed by atoms with Crippen molar-refractivity contribution in [1.29, 1.82) is 0 Å². The van der Waals surface area contributed by atoms with Gasteiger partial charge < -0.3 is 10.4 Å². The number of nitrogens with zero attached hydrogens (tertiary/aromatic N) is 3. The van der Waals surface area contributed by atoms with E-state index < -0.39 is 0 Å². The van der Waals surface area contributed by atoms with E-state index in [-0.39, 0.29) is 12.2 Å². The topological polar surface area (TPSA) is 95.8 Å². The van der Waals surface area contributed by atoms with Crippen LogP contribution in [-0.4, -0.2) is 43.0 Å². The molecule has 0 atom stereocenters. The largest absolute Gasteiger partial charge is 0.396 e. The van der Waals surface area contributed by atoms with Gasteiger partial charge in [-0.1, -0.05) is 29.3 Å². The number of hydrogen-bond acceptors (Lipinski definition) is 6. The van der Waals surface area contributed by atoms with E-state index in [2.05, 4.69) is 20.4 Å². The van der Waals surface area contributed by atoms with Crippen LogP contribution in [0.4, 0.5) is 5.95 Å². The Morgan fingerprint density at radius 3 is 2.88 bits per heavy atom. The molecule has 0 bridgehead atoms. The number of fused-ring (bicyclic) bond motifs is 1. The minimum Gasteiger partial charge on any atom is -0.396 e. The number of hydrogen-bond donors (Lipinski definition) is 3. The van der Waals surface area contributed by atoms with Crippen molar-refractivity contribution in [3.8, 4) is 0 Å². The zero-order valence-corrected chi connectivity index (χ0v) is 16.0. The molecule has 0 amide bonds. The summed E-state index contributed by atoms with van der Waals surface area (Å²) in [6.45, 7) is 1.16. The normalized spacial score (nSPS) is 11.2. The predicted molar refractivity (Wildman–Crippen MR) is 106 cm³/mol. The number of nitrogens with one attached hydrogen (secondary N) is 2. The molecule has 0 saturated carbocycles. The van der Waals surface area contributed by atoms with Gasteiger partial charge in [0.15, 0.2) is 5.52 Å². The molecule has 0 radical (unpaired) electrons. The maximum atomic E-state index is 12.4. The number of H-pyrrole nitrogens is 1. The molecule has 3 N–H and O–H groups in total. The second-order valence-corrected chi connectivity index (χ2v) is 7.49. The summed E-state index contributed by atoms with van der Waals surface area (Å²) in [6, 6.07) is 5.33. The Labute approximate surface area is 163 Å². The molecule has 26 heavy (non-hydrogen) atoms. The summed E-state index contributed by atoms with van der Waals surface area (Å²) < 4.78 is 1.63. The number of aromatic nitrogens is 4. The fourth-order valence-electron chi connectivity index (χ4n) is 2.41. The molecule has 0 aliphatic rings. The van der Waals surface area contributed by atoms with E-state index >= 15 is 0 Å². The number of rotatable bonds is 8. The second kappa shape index (κ2) is 8.77. The van der Waals surface area contributed by atoms with E-state index in [0.29, 0.717) is 45.9 Å². The van der Waals surface area contributed by atoms with Crippen LogP contribution in [0.2, 0.25) is 10.0 Å². The standard InChI is InChI=1S/C16H17Cl2N5O2S/c17-11-2-1-10(7-12(11)18)8-19-16-21-13-9-20-23(3-5-26-6-4-24)14(13)15(25)22-16/h1-2,7,9,24H,3-6,8H2,(H2,19,21,22,25). The van der Waals surface area contributed by atoms with Crippen LogP contribution >= 0.6 is 35.0 Å². The summed E-state index contributed by atoms with van der Waals surface area (Å²) in [5, 5.41) is 17.1. The molecular weight excluding hydrogens is 397 g/mol. The molecule has 138 valence electrons. The Kier molecular flexibility index (Phi) is 6.42. The minimum atomic E-state index is -0.253. The highest BCUT2D eigenvalue weighted by Crippen LogP contribution is 2.22. The van der Waals surface area contributed by atoms with Gasteiger partial charge in [-0.15, -0.1) is 0 Å². The quantitative estimate of drug-likeness (QED) is 0.491. The number of aryl methyl sites for hydroxylation is 1. The molecule has 0 fully saturated rings. The summed E-state index contributed by atoms with van der Waals surface area (Å²) in [4.78, 5) is 19.5. The summed E-state index contributed by atoms with van der Waals surface area (Å²) in [5.41, 5.74) is 1.63. The van der Waals surface area contributed by atoms with E-state index in [1.807, 2.05) is 6.07 Å². The molecule has 10 heteroatoms. The zero-order chi connectivity index (χ0) is 18.5. The third-order valence-electron chi connectivity index (χ3n) is 3.63. The predicted octanol–water partition coefficient (Wildman–Crippen LogP) is 2.76. The van der Waals surface area contributed by atoms with Crippen LogP contribution in [0.15, 0.2) is 29.2 Å². The van der Waals surface area contributed by atoms with Crippen LogP contribution in [0.1, 0.15) is 5.56 Å². The number of thioether (sulfide) groups is 1. The number of aliphatic hydroxyl groups excluding tert-OH is 1. The third kappa shape index (κ3) is 4.50. The number of aliphatic hydroxyl groups is 1. The van der Waals surface area contributed by atoms with Crippen LogP contribution in [0, 0.1) is 0 Å². The van der Waals surface area contributed by atoms with Gasteiger partial charge in [-0.05, 0) is 17.7 Å². The first kappa shape index (κ1) is 19.0. The lowest BCUT2D eigenvalue weighted by molar-refractivity contribution is 0.322. The average Bonchev–Trinajstić information content (AvgIpc) is 3.03. The van der Waals surface area contributed by atoms with Crippen molar-refractivity contribution in [2.24, 2.45) is 0 Å².